The van der Waals surface area contributed by atoms with Crippen molar-refractivity contribution < 1.29 is 0 Å². The molecule has 0 saturated heterocycles. The number of rotatable bonds is 11. The lowest BCUT2D eigenvalue weighted by molar-refractivity contribution is 0.440. The van der Waals surface area contributed by atoms with Crippen LogP contribution in [0, 0.1) is 13.8 Å². The van der Waals surface area contributed by atoms with E-state index in [1.54, 1.807) is 0 Å². The van der Waals surface area contributed by atoms with Gasteiger partial charge in [-0.3, -0.25) is 4.57 Å². The molecular formula is C46H50N2. The Morgan fingerprint density at radius 3 is 1.92 bits per heavy atom. The van der Waals surface area contributed by atoms with Crippen LogP contribution in [0.1, 0.15) is 86.4 Å². The SMILES string of the molecule is CCc1cccc(CC)c1-c1ccc(C(C)(CC)CC)c(-c2nccn2-c2cc(-c3ccccc3)ccc2Cc2c(C)cccc2C)c1. The van der Waals surface area contributed by atoms with Gasteiger partial charge in [-0.05, 0) is 118 Å². The van der Waals surface area contributed by atoms with E-state index < -0.39 is 0 Å². The third kappa shape index (κ3) is 6.29. The van der Waals surface area contributed by atoms with Crippen molar-refractivity contribution in [1.82, 2.24) is 9.55 Å². The second-order valence-electron chi connectivity index (χ2n) is 13.6. The molecule has 2 heteroatoms. The fourth-order valence-electron chi connectivity index (χ4n) is 7.42. The Morgan fingerprint density at radius 2 is 1.27 bits per heavy atom. The zero-order chi connectivity index (χ0) is 33.8. The van der Waals surface area contributed by atoms with Gasteiger partial charge in [0.05, 0.1) is 5.69 Å². The summed E-state index contributed by atoms with van der Waals surface area (Å²) in [6.07, 6.45) is 9.13. The summed E-state index contributed by atoms with van der Waals surface area (Å²) in [5.41, 5.74) is 17.0. The first kappa shape index (κ1) is 33.2. The second kappa shape index (κ2) is 14.2. The molecule has 0 radical (unpaired) electrons. The summed E-state index contributed by atoms with van der Waals surface area (Å²) < 4.78 is 2.36. The Kier molecular flexibility index (Phi) is 9.83. The van der Waals surface area contributed by atoms with Crippen molar-refractivity contribution in [2.45, 2.75) is 86.0 Å². The molecule has 1 aromatic heterocycles. The van der Waals surface area contributed by atoms with E-state index in [0.29, 0.717) is 0 Å². The molecule has 244 valence electrons. The number of aryl methyl sites for hydroxylation is 4. The molecule has 0 aliphatic carbocycles. The van der Waals surface area contributed by atoms with E-state index in [-0.39, 0.29) is 5.41 Å². The van der Waals surface area contributed by atoms with E-state index in [1.165, 1.54) is 72.4 Å². The van der Waals surface area contributed by atoms with Crippen molar-refractivity contribution in [2.75, 3.05) is 0 Å². The van der Waals surface area contributed by atoms with Crippen LogP contribution in [-0.2, 0) is 24.7 Å². The largest absolute Gasteiger partial charge is 0.299 e. The molecule has 0 saturated carbocycles. The first-order chi connectivity index (χ1) is 23.3. The first-order valence-corrected chi connectivity index (χ1v) is 17.8. The highest BCUT2D eigenvalue weighted by Crippen LogP contribution is 2.42. The van der Waals surface area contributed by atoms with Crippen LogP contribution in [0.5, 0.6) is 0 Å². The van der Waals surface area contributed by atoms with Gasteiger partial charge in [0.15, 0.2) is 0 Å². The molecule has 6 aromatic rings. The minimum atomic E-state index is 0.0233. The van der Waals surface area contributed by atoms with Gasteiger partial charge in [0, 0.05) is 24.4 Å². The van der Waals surface area contributed by atoms with Crippen LogP contribution in [0.2, 0.25) is 0 Å². The average Bonchev–Trinajstić information content (AvgIpc) is 3.62. The molecule has 0 fully saturated rings. The smallest absolute Gasteiger partial charge is 0.144 e. The minimum Gasteiger partial charge on any atom is -0.299 e. The monoisotopic (exact) mass is 630 g/mol. The number of nitrogens with zero attached hydrogens (tertiary/aromatic N) is 2. The predicted octanol–water partition coefficient (Wildman–Crippen LogP) is 12.3. The Morgan fingerprint density at radius 1 is 0.625 bits per heavy atom. The van der Waals surface area contributed by atoms with Gasteiger partial charge in [0.2, 0.25) is 0 Å². The van der Waals surface area contributed by atoms with Crippen LogP contribution in [0.3, 0.4) is 0 Å². The van der Waals surface area contributed by atoms with E-state index in [1.807, 2.05) is 6.20 Å². The minimum absolute atomic E-state index is 0.0233. The van der Waals surface area contributed by atoms with Crippen LogP contribution in [0.25, 0.3) is 39.3 Å². The highest BCUT2D eigenvalue weighted by atomic mass is 15.1. The predicted molar refractivity (Wildman–Crippen MR) is 205 cm³/mol. The molecule has 5 aromatic carbocycles. The van der Waals surface area contributed by atoms with Gasteiger partial charge < -0.3 is 0 Å². The van der Waals surface area contributed by atoms with Crippen LogP contribution >= 0.6 is 0 Å². The van der Waals surface area contributed by atoms with Crippen LogP contribution in [-0.4, -0.2) is 9.55 Å². The van der Waals surface area contributed by atoms with Crippen LogP contribution < -0.4 is 0 Å². The Labute approximate surface area is 288 Å². The molecule has 1 heterocycles. The van der Waals surface area contributed by atoms with Crippen molar-refractivity contribution in [3.8, 4) is 39.3 Å². The average molecular weight is 631 g/mol. The van der Waals surface area contributed by atoms with Gasteiger partial charge >= 0.3 is 0 Å². The molecule has 48 heavy (non-hydrogen) atoms. The van der Waals surface area contributed by atoms with E-state index in [4.69, 9.17) is 4.98 Å². The van der Waals surface area contributed by atoms with Gasteiger partial charge in [0.25, 0.3) is 0 Å². The number of benzene rings is 5. The zero-order valence-corrected chi connectivity index (χ0v) is 29.9. The number of hydrogen-bond donors (Lipinski definition) is 0. The van der Waals surface area contributed by atoms with Crippen LogP contribution in [0.4, 0.5) is 0 Å². The van der Waals surface area contributed by atoms with Crippen molar-refractivity contribution in [2.24, 2.45) is 0 Å². The summed E-state index contributed by atoms with van der Waals surface area (Å²) in [5, 5.41) is 0. The van der Waals surface area contributed by atoms with Gasteiger partial charge in [-0.15, -0.1) is 0 Å². The molecule has 0 amide bonds. The summed E-state index contributed by atoms with van der Waals surface area (Å²) in [7, 11) is 0. The lowest BCUT2D eigenvalue weighted by atomic mass is 9.74. The highest BCUT2D eigenvalue weighted by molar-refractivity contribution is 5.79. The normalized spacial score (nSPS) is 11.6. The maximum Gasteiger partial charge on any atom is 0.144 e. The quantitative estimate of drug-likeness (QED) is 0.139. The van der Waals surface area contributed by atoms with Crippen molar-refractivity contribution in [3.63, 3.8) is 0 Å². The molecule has 0 aliphatic rings. The summed E-state index contributed by atoms with van der Waals surface area (Å²) in [6, 6.07) is 38.3. The molecule has 0 unspecified atom stereocenters. The molecule has 2 nitrogen and oxygen atoms in total. The van der Waals surface area contributed by atoms with Crippen molar-refractivity contribution >= 4 is 0 Å². The van der Waals surface area contributed by atoms with E-state index in [9.17, 15) is 0 Å². The standard InChI is InChI=1S/C46H50N2/c1-8-34-21-16-22-35(9-2)44(34)39-25-26-42(46(7,10-3)11-4)41(30-39)45-47-27-28-48(45)43-31-37(36-19-13-12-14-20-36)23-24-38(43)29-40-32(5)17-15-18-33(40)6/h12-28,30-31H,8-11,29H2,1-7H3. The number of imidazole rings is 1. The van der Waals surface area contributed by atoms with Crippen molar-refractivity contribution in [3.05, 3.63) is 154 Å². The van der Waals surface area contributed by atoms with Gasteiger partial charge in [-0.1, -0.05) is 126 Å². The fraction of sp³-hybridized carbons (Fsp3) is 0.283. The molecule has 0 bridgehead atoms. The lowest BCUT2D eigenvalue weighted by Gasteiger charge is -2.31. The molecule has 0 aliphatic heterocycles. The van der Waals surface area contributed by atoms with E-state index in [2.05, 4.69) is 162 Å². The van der Waals surface area contributed by atoms with E-state index in [0.717, 1.165) is 37.9 Å². The molecule has 0 atom stereocenters. The van der Waals surface area contributed by atoms with Gasteiger partial charge in [-0.2, -0.15) is 0 Å². The maximum absolute atomic E-state index is 5.17. The maximum atomic E-state index is 5.17. The Balaban J connectivity index is 1.61. The first-order valence-electron chi connectivity index (χ1n) is 17.8. The van der Waals surface area contributed by atoms with Crippen molar-refractivity contribution in [1.29, 1.82) is 0 Å². The fourth-order valence-corrected chi connectivity index (χ4v) is 7.42. The second-order valence-corrected chi connectivity index (χ2v) is 13.6. The van der Waals surface area contributed by atoms with E-state index >= 15 is 0 Å². The van der Waals surface area contributed by atoms with Crippen LogP contribution in [0.15, 0.2) is 116 Å². The summed E-state index contributed by atoms with van der Waals surface area (Å²) >= 11 is 0. The number of aromatic nitrogens is 2. The third-order valence-corrected chi connectivity index (χ3v) is 10.9. The topological polar surface area (TPSA) is 17.8 Å². The summed E-state index contributed by atoms with van der Waals surface area (Å²) in [4.78, 5) is 5.17. The lowest BCUT2D eigenvalue weighted by Crippen LogP contribution is -2.21. The number of hydrogen-bond acceptors (Lipinski definition) is 1. The Hall–Kier alpha value is -4.69. The highest BCUT2D eigenvalue weighted by Gasteiger charge is 2.28. The van der Waals surface area contributed by atoms with Gasteiger partial charge in [-0.25, -0.2) is 4.98 Å². The zero-order valence-electron chi connectivity index (χ0n) is 29.9. The molecule has 0 spiro atoms. The molecule has 6 rings (SSSR count). The Bertz CT molecular complexity index is 1980. The molecular weight excluding hydrogens is 581 g/mol. The molecule has 0 N–H and O–H groups in total. The summed E-state index contributed by atoms with van der Waals surface area (Å²) in [5.74, 6) is 1.000. The van der Waals surface area contributed by atoms with Gasteiger partial charge in [0.1, 0.15) is 5.82 Å². The summed E-state index contributed by atoms with van der Waals surface area (Å²) in [6.45, 7) is 16.1. The third-order valence-electron chi connectivity index (χ3n) is 10.9.